The average molecular weight is 242 g/mol. The van der Waals surface area contributed by atoms with Crippen LogP contribution in [-0.2, 0) is 12.8 Å². The van der Waals surface area contributed by atoms with Crippen LogP contribution in [0.25, 0.3) is 0 Å². The van der Waals surface area contributed by atoms with E-state index in [2.05, 4.69) is 22.4 Å². The Morgan fingerprint density at radius 2 is 2.39 bits per heavy atom. The van der Waals surface area contributed by atoms with Crippen LogP contribution in [0.3, 0.4) is 0 Å². The first-order valence-electron chi connectivity index (χ1n) is 6.67. The van der Waals surface area contributed by atoms with Crippen molar-refractivity contribution in [3.8, 4) is 6.07 Å². The maximum Gasteiger partial charge on any atom is 0.146 e. The molecule has 1 unspecified atom stereocenters. The third-order valence-electron chi connectivity index (χ3n) is 4.05. The van der Waals surface area contributed by atoms with Crippen LogP contribution >= 0.6 is 0 Å². The van der Waals surface area contributed by atoms with E-state index >= 15 is 0 Å². The molecule has 2 aliphatic rings. The van der Waals surface area contributed by atoms with E-state index in [1.165, 1.54) is 17.7 Å². The molecule has 18 heavy (non-hydrogen) atoms. The first kappa shape index (κ1) is 11.5. The van der Waals surface area contributed by atoms with Crippen LogP contribution < -0.4 is 10.2 Å². The van der Waals surface area contributed by atoms with Gasteiger partial charge in [0.25, 0.3) is 0 Å². The molecule has 3 rings (SSSR count). The first-order chi connectivity index (χ1) is 8.81. The summed E-state index contributed by atoms with van der Waals surface area (Å²) < 4.78 is 0. The number of pyridine rings is 1. The Morgan fingerprint density at radius 3 is 3.11 bits per heavy atom. The number of likely N-dealkylation sites (N-methyl/N-ethyl adjacent to an activating group) is 1. The van der Waals surface area contributed by atoms with Crippen molar-refractivity contribution in [3.63, 3.8) is 0 Å². The van der Waals surface area contributed by atoms with E-state index in [-0.39, 0.29) is 0 Å². The van der Waals surface area contributed by atoms with Crippen molar-refractivity contribution in [2.75, 3.05) is 25.0 Å². The van der Waals surface area contributed by atoms with E-state index in [0.717, 1.165) is 43.7 Å². The van der Waals surface area contributed by atoms with Crippen LogP contribution in [0.2, 0.25) is 0 Å². The summed E-state index contributed by atoms with van der Waals surface area (Å²) in [5.41, 5.74) is 3.23. The highest BCUT2D eigenvalue weighted by Gasteiger charge is 2.26. The van der Waals surface area contributed by atoms with Gasteiger partial charge in [-0.25, -0.2) is 4.98 Å². The fourth-order valence-electron chi connectivity index (χ4n) is 2.97. The molecule has 4 heteroatoms. The highest BCUT2D eigenvalue weighted by atomic mass is 15.2. The van der Waals surface area contributed by atoms with Crippen molar-refractivity contribution < 1.29 is 0 Å². The van der Waals surface area contributed by atoms with Crippen molar-refractivity contribution in [2.24, 2.45) is 0 Å². The topological polar surface area (TPSA) is 52.0 Å². The number of hydrogen-bond donors (Lipinski definition) is 1. The Kier molecular flexibility index (Phi) is 2.92. The first-order valence-corrected chi connectivity index (χ1v) is 6.67. The zero-order valence-electron chi connectivity index (χ0n) is 10.7. The van der Waals surface area contributed by atoms with Gasteiger partial charge in [0.05, 0.1) is 5.56 Å². The zero-order chi connectivity index (χ0) is 12.5. The Balaban J connectivity index is 1.94. The van der Waals surface area contributed by atoms with Crippen molar-refractivity contribution in [3.05, 3.63) is 22.9 Å². The van der Waals surface area contributed by atoms with Gasteiger partial charge in [0.1, 0.15) is 11.9 Å². The van der Waals surface area contributed by atoms with E-state index in [0.29, 0.717) is 6.04 Å². The number of rotatable bonds is 2. The largest absolute Gasteiger partial charge is 0.354 e. The van der Waals surface area contributed by atoms with E-state index < -0.39 is 0 Å². The van der Waals surface area contributed by atoms with Gasteiger partial charge >= 0.3 is 0 Å². The highest BCUT2D eigenvalue weighted by molar-refractivity contribution is 5.57. The molecule has 4 nitrogen and oxygen atoms in total. The molecule has 0 radical (unpaired) electrons. The third kappa shape index (κ3) is 1.85. The number of anilines is 1. The SMILES string of the molecule is CNC1CCN(c2nc3c(cc2C#N)CCC3)C1. The minimum absolute atomic E-state index is 0.520. The van der Waals surface area contributed by atoms with Crippen molar-refractivity contribution in [1.82, 2.24) is 10.3 Å². The fraction of sp³-hybridized carbons (Fsp3) is 0.571. The summed E-state index contributed by atoms with van der Waals surface area (Å²) in [5, 5.41) is 12.6. The molecule has 0 amide bonds. The lowest BCUT2D eigenvalue weighted by Gasteiger charge is -2.19. The maximum absolute atomic E-state index is 9.30. The van der Waals surface area contributed by atoms with Gasteiger partial charge in [0.15, 0.2) is 0 Å². The van der Waals surface area contributed by atoms with Crippen LogP contribution in [0.5, 0.6) is 0 Å². The average Bonchev–Trinajstić information content (AvgIpc) is 3.05. The molecule has 2 heterocycles. The number of nitriles is 1. The van der Waals surface area contributed by atoms with Crippen LogP contribution in [-0.4, -0.2) is 31.2 Å². The minimum Gasteiger partial charge on any atom is -0.354 e. The lowest BCUT2D eigenvalue weighted by atomic mass is 10.1. The molecule has 0 spiro atoms. The van der Waals surface area contributed by atoms with E-state index in [1.807, 2.05) is 7.05 Å². The van der Waals surface area contributed by atoms with Gasteiger partial charge in [-0.1, -0.05) is 0 Å². The van der Waals surface area contributed by atoms with Crippen LogP contribution in [0.1, 0.15) is 29.7 Å². The summed E-state index contributed by atoms with van der Waals surface area (Å²) in [6.07, 6.45) is 4.45. The summed E-state index contributed by atoms with van der Waals surface area (Å²) in [6, 6.07) is 4.88. The highest BCUT2D eigenvalue weighted by Crippen LogP contribution is 2.28. The normalized spacial score (nSPS) is 22.0. The number of fused-ring (bicyclic) bond motifs is 1. The van der Waals surface area contributed by atoms with Crippen molar-refractivity contribution >= 4 is 5.82 Å². The minimum atomic E-state index is 0.520. The Hall–Kier alpha value is -1.60. The van der Waals surface area contributed by atoms with E-state index in [4.69, 9.17) is 4.98 Å². The summed E-state index contributed by atoms with van der Waals surface area (Å²) >= 11 is 0. The standard InChI is InChI=1S/C14H18N4/c1-16-12-5-6-18(9-12)14-11(8-15)7-10-3-2-4-13(10)17-14/h7,12,16H,2-6,9H2,1H3. The maximum atomic E-state index is 9.30. The van der Waals surface area contributed by atoms with Gasteiger partial charge in [-0.05, 0) is 44.4 Å². The summed E-state index contributed by atoms with van der Waals surface area (Å²) in [5.74, 6) is 0.899. The number of nitrogens with one attached hydrogen (secondary N) is 1. The lowest BCUT2D eigenvalue weighted by Crippen LogP contribution is -2.30. The predicted octanol–water partition coefficient (Wildman–Crippen LogP) is 1.24. The Morgan fingerprint density at radius 1 is 1.50 bits per heavy atom. The molecule has 1 saturated heterocycles. The van der Waals surface area contributed by atoms with E-state index in [9.17, 15) is 5.26 Å². The molecule has 1 atom stereocenters. The third-order valence-corrected chi connectivity index (χ3v) is 4.05. The monoisotopic (exact) mass is 242 g/mol. The van der Waals surface area contributed by atoms with Crippen LogP contribution in [0.4, 0.5) is 5.82 Å². The molecule has 1 N–H and O–H groups in total. The lowest BCUT2D eigenvalue weighted by molar-refractivity contribution is 0.616. The van der Waals surface area contributed by atoms with E-state index in [1.54, 1.807) is 0 Å². The Labute approximate surface area is 108 Å². The molecule has 0 aromatic carbocycles. The van der Waals surface area contributed by atoms with Crippen molar-refractivity contribution in [1.29, 1.82) is 5.26 Å². The molecular weight excluding hydrogens is 224 g/mol. The van der Waals surface area contributed by atoms with Gasteiger partial charge in [-0.3, -0.25) is 0 Å². The second-order valence-electron chi connectivity index (χ2n) is 5.15. The summed E-state index contributed by atoms with van der Waals surface area (Å²) in [7, 11) is 2.00. The second-order valence-corrected chi connectivity index (χ2v) is 5.15. The smallest absolute Gasteiger partial charge is 0.146 e. The molecule has 94 valence electrons. The summed E-state index contributed by atoms with van der Waals surface area (Å²) in [4.78, 5) is 7.00. The zero-order valence-corrected chi connectivity index (χ0v) is 10.7. The molecule has 1 aliphatic heterocycles. The Bertz CT molecular complexity index is 503. The number of hydrogen-bond acceptors (Lipinski definition) is 4. The van der Waals surface area contributed by atoms with Gasteiger partial charge in [-0.2, -0.15) is 5.26 Å². The fourth-order valence-corrected chi connectivity index (χ4v) is 2.97. The van der Waals surface area contributed by atoms with Crippen LogP contribution in [0.15, 0.2) is 6.07 Å². The van der Waals surface area contributed by atoms with Gasteiger partial charge in [0.2, 0.25) is 0 Å². The van der Waals surface area contributed by atoms with Crippen LogP contribution in [0, 0.1) is 11.3 Å². The number of nitrogens with zero attached hydrogens (tertiary/aromatic N) is 3. The van der Waals surface area contributed by atoms with Gasteiger partial charge in [-0.15, -0.1) is 0 Å². The van der Waals surface area contributed by atoms with Gasteiger partial charge < -0.3 is 10.2 Å². The predicted molar refractivity (Wildman–Crippen MR) is 70.7 cm³/mol. The molecule has 0 saturated carbocycles. The molecule has 1 aliphatic carbocycles. The number of aryl methyl sites for hydroxylation is 2. The molecule has 1 aromatic heterocycles. The summed E-state index contributed by atoms with van der Waals surface area (Å²) in [6.45, 7) is 1.95. The molecule has 1 fully saturated rings. The van der Waals surface area contributed by atoms with Gasteiger partial charge in [0, 0.05) is 24.8 Å². The molecule has 1 aromatic rings. The quantitative estimate of drug-likeness (QED) is 0.847. The molecular formula is C14H18N4. The second kappa shape index (κ2) is 4.58. The number of aromatic nitrogens is 1. The molecule has 0 bridgehead atoms. The van der Waals surface area contributed by atoms with Crippen molar-refractivity contribution in [2.45, 2.75) is 31.7 Å².